The monoisotopic (exact) mass is 514 g/mol. The molecule has 1 saturated heterocycles. The van der Waals surface area contributed by atoms with Crippen LogP contribution in [0.15, 0.2) is 77.7 Å². The minimum Gasteiger partial charge on any atom is -0.348 e. The Morgan fingerprint density at radius 3 is 2.51 bits per heavy atom. The molecule has 3 aromatic carbocycles. The van der Waals surface area contributed by atoms with Crippen molar-refractivity contribution in [2.24, 2.45) is 0 Å². The molecule has 1 N–H and O–H groups in total. The number of thioether (sulfide) groups is 1. The second kappa shape index (κ2) is 11.3. The number of aryl methyl sites for hydroxylation is 1. The first kappa shape index (κ1) is 25.3. The number of amides is 2. The first-order chi connectivity index (χ1) is 18.0. The summed E-state index contributed by atoms with van der Waals surface area (Å²) < 4.78 is 13.1. The molecule has 1 aliphatic heterocycles. The van der Waals surface area contributed by atoms with Crippen LogP contribution in [0, 0.1) is 12.7 Å². The molecule has 37 heavy (non-hydrogen) atoms. The predicted octanol–water partition coefficient (Wildman–Crippen LogP) is 6.49. The number of hydrogen-bond acceptors (Lipinski definition) is 3. The van der Waals surface area contributed by atoms with Crippen LogP contribution in [0.4, 0.5) is 4.39 Å². The molecule has 0 radical (unpaired) electrons. The number of fused-ring (bicyclic) bond motifs is 1. The lowest BCUT2D eigenvalue weighted by molar-refractivity contribution is -0.130. The molecule has 0 bridgehead atoms. The van der Waals surface area contributed by atoms with Crippen LogP contribution in [-0.4, -0.2) is 28.0 Å². The summed E-state index contributed by atoms with van der Waals surface area (Å²) in [6.45, 7) is 3.07. The Morgan fingerprint density at radius 1 is 1.03 bits per heavy atom. The minimum absolute atomic E-state index is 0.0949. The van der Waals surface area contributed by atoms with Gasteiger partial charge in [-0.2, -0.15) is 0 Å². The fourth-order valence-corrected chi connectivity index (χ4v) is 6.57. The van der Waals surface area contributed by atoms with Crippen LogP contribution in [0.3, 0.4) is 0 Å². The van der Waals surface area contributed by atoms with E-state index < -0.39 is 0 Å². The molecule has 2 unspecified atom stereocenters. The summed E-state index contributed by atoms with van der Waals surface area (Å²) in [5.74, 6) is -0.398. The lowest BCUT2D eigenvalue weighted by atomic mass is 9.92. The standard InChI is InChI=1S/C31H31FN2O2S/c1-21-6-2-3-7-25(21)20-34-27-8-4-5-9-28(27)37-29(31(34)36)18-22-10-14-24(15-11-22)30(35)33-19-23-12-16-26(32)17-13-23/h2-3,6-7,10-18,27-28H,4-5,8-9,19-20H2,1H3,(H,33,35)/b29-18+. The van der Waals surface area contributed by atoms with Gasteiger partial charge in [0.2, 0.25) is 0 Å². The zero-order chi connectivity index (χ0) is 25.8. The molecule has 1 saturated carbocycles. The van der Waals surface area contributed by atoms with Crippen molar-refractivity contribution in [3.63, 3.8) is 0 Å². The number of benzene rings is 3. The van der Waals surface area contributed by atoms with E-state index in [9.17, 15) is 14.0 Å². The van der Waals surface area contributed by atoms with Gasteiger partial charge in [-0.15, -0.1) is 11.8 Å². The van der Waals surface area contributed by atoms with Gasteiger partial charge in [0.1, 0.15) is 5.82 Å². The summed E-state index contributed by atoms with van der Waals surface area (Å²) in [5.41, 5.74) is 4.68. The predicted molar refractivity (Wildman–Crippen MR) is 147 cm³/mol. The van der Waals surface area contributed by atoms with Gasteiger partial charge in [-0.3, -0.25) is 9.59 Å². The summed E-state index contributed by atoms with van der Waals surface area (Å²) >= 11 is 1.72. The largest absolute Gasteiger partial charge is 0.348 e. The van der Waals surface area contributed by atoms with Gasteiger partial charge >= 0.3 is 0 Å². The van der Waals surface area contributed by atoms with Crippen LogP contribution < -0.4 is 5.32 Å². The van der Waals surface area contributed by atoms with E-state index in [-0.39, 0.29) is 23.7 Å². The molecule has 0 spiro atoms. The van der Waals surface area contributed by atoms with E-state index in [1.54, 1.807) is 36.0 Å². The van der Waals surface area contributed by atoms with Gasteiger partial charge in [0.05, 0.1) is 4.91 Å². The van der Waals surface area contributed by atoms with Crippen LogP contribution in [0.2, 0.25) is 0 Å². The molecule has 0 aromatic heterocycles. The summed E-state index contributed by atoms with van der Waals surface area (Å²) in [5, 5.41) is 3.28. The van der Waals surface area contributed by atoms with Gasteiger partial charge in [-0.25, -0.2) is 4.39 Å². The Morgan fingerprint density at radius 2 is 1.76 bits per heavy atom. The quantitative estimate of drug-likeness (QED) is 0.383. The number of carbonyl (C=O) groups excluding carboxylic acids is 2. The Kier molecular flexibility index (Phi) is 7.75. The number of nitrogens with one attached hydrogen (secondary N) is 1. The van der Waals surface area contributed by atoms with Crippen molar-refractivity contribution in [2.75, 3.05) is 0 Å². The maximum Gasteiger partial charge on any atom is 0.260 e. The minimum atomic E-state index is -0.299. The molecule has 3 aromatic rings. The second-order valence-corrected chi connectivity index (χ2v) is 11.1. The average Bonchev–Trinajstić information content (AvgIpc) is 2.92. The zero-order valence-electron chi connectivity index (χ0n) is 21.0. The van der Waals surface area contributed by atoms with Crippen molar-refractivity contribution in [2.45, 2.75) is 57.0 Å². The molecule has 2 amide bonds. The maximum absolute atomic E-state index is 13.7. The molecule has 190 valence electrons. The molecular weight excluding hydrogens is 483 g/mol. The molecule has 2 atom stereocenters. The van der Waals surface area contributed by atoms with Crippen LogP contribution >= 0.6 is 11.8 Å². The van der Waals surface area contributed by atoms with Gasteiger partial charge in [-0.1, -0.05) is 61.4 Å². The fourth-order valence-electron chi connectivity index (χ4n) is 5.10. The van der Waals surface area contributed by atoms with Gasteiger partial charge in [0.25, 0.3) is 11.8 Å². The van der Waals surface area contributed by atoms with Crippen molar-refractivity contribution in [3.8, 4) is 0 Å². The SMILES string of the molecule is Cc1ccccc1CN1C(=O)/C(=C\c2ccc(C(=O)NCc3ccc(F)cc3)cc2)SC2CCCCC21. The van der Waals surface area contributed by atoms with Gasteiger partial charge in [0, 0.05) is 29.9 Å². The molecule has 1 heterocycles. The normalized spacial score (nSPS) is 20.5. The Balaban J connectivity index is 1.30. The van der Waals surface area contributed by atoms with E-state index in [0.717, 1.165) is 28.9 Å². The summed E-state index contributed by atoms with van der Waals surface area (Å²) in [6, 6.07) is 22.0. The topological polar surface area (TPSA) is 49.4 Å². The number of rotatable bonds is 6. The van der Waals surface area contributed by atoms with Gasteiger partial charge < -0.3 is 10.2 Å². The third kappa shape index (κ3) is 5.96. The van der Waals surface area contributed by atoms with Crippen LogP contribution in [0.5, 0.6) is 0 Å². The van der Waals surface area contributed by atoms with Crippen molar-refractivity contribution >= 4 is 29.7 Å². The van der Waals surface area contributed by atoms with Crippen molar-refractivity contribution in [1.29, 1.82) is 0 Å². The first-order valence-corrected chi connectivity index (χ1v) is 13.7. The lowest BCUT2D eigenvalue weighted by Crippen LogP contribution is -2.50. The highest BCUT2D eigenvalue weighted by molar-refractivity contribution is 8.04. The smallest absolute Gasteiger partial charge is 0.260 e. The fraction of sp³-hybridized carbons (Fsp3) is 0.290. The van der Waals surface area contributed by atoms with Gasteiger partial charge in [0.15, 0.2) is 0 Å². The van der Waals surface area contributed by atoms with Gasteiger partial charge in [-0.05, 0) is 72.4 Å². The molecule has 6 heteroatoms. The molecule has 5 rings (SSSR count). The van der Waals surface area contributed by atoms with E-state index >= 15 is 0 Å². The molecular formula is C31H31FN2O2S. The number of hydrogen-bond donors (Lipinski definition) is 1. The first-order valence-electron chi connectivity index (χ1n) is 12.8. The number of halogens is 1. The van der Waals surface area contributed by atoms with E-state index in [1.807, 2.05) is 30.3 Å². The number of nitrogens with zero attached hydrogens (tertiary/aromatic N) is 1. The summed E-state index contributed by atoms with van der Waals surface area (Å²) in [6.07, 6.45) is 6.52. The summed E-state index contributed by atoms with van der Waals surface area (Å²) in [4.78, 5) is 29.1. The van der Waals surface area contributed by atoms with Crippen molar-refractivity contribution in [1.82, 2.24) is 10.2 Å². The van der Waals surface area contributed by atoms with E-state index in [0.29, 0.717) is 23.9 Å². The highest BCUT2D eigenvalue weighted by Gasteiger charge is 2.40. The third-order valence-electron chi connectivity index (χ3n) is 7.26. The zero-order valence-corrected chi connectivity index (χ0v) is 21.8. The Bertz CT molecular complexity index is 1300. The van der Waals surface area contributed by atoms with Crippen molar-refractivity contribution in [3.05, 3.63) is 111 Å². The molecule has 4 nitrogen and oxygen atoms in total. The average molecular weight is 515 g/mol. The molecule has 2 aliphatic rings. The van der Waals surface area contributed by atoms with Crippen LogP contribution in [0.1, 0.15) is 58.3 Å². The van der Waals surface area contributed by atoms with Crippen molar-refractivity contribution < 1.29 is 14.0 Å². The summed E-state index contributed by atoms with van der Waals surface area (Å²) in [7, 11) is 0. The highest BCUT2D eigenvalue weighted by Crippen LogP contribution is 2.42. The van der Waals surface area contributed by atoms with Crippen LogP contribution in [-0.2, 0) is 17.9 Å². The van der Waals surface area contributed by atoms with E-state index in [1.165, 1.54) is 36.1 Å². The highest BCUT2D eigenvalue weighted by atomic mass is 32.2. The van der Waals surface area contributed by atoms with E-state index in [2.05, 4.69) is 29.3 Å². The second-order valence-electron chi connectivity index (χ2n) is 9.81. The molecule has 2 fully saturated rings. The van der Waals surface area contributed by atoms with E-state index in [4.69, 9.17) is 0 Å². The number of carbonyl (C=O) groups is 2. The lowest BCUT2D eigenvalue weighted by Gasteiger charge is -2.44. The molecule has 1 aliphatic carbocycles. The Labute approximate surface area is 222 Å². The third-order valence-corrected chi connectivity index (χ3v) is 8.66. The Hall–Kier alpha value is -3.38. The maximum atomic E-state index is 13.7. The van der Waals surface area contributed by atoms with Crippen LogP contribution in [0.25, 0.3) is 6.08 Å².